The lowest BCUT2D eigenvalue weighted by Gasteiger charge is -2.31. The molecule has 0 saturated heterocycles. The fourth-order valence-electron chi connectivity index (χ4n) is 3.05. The summed E-state index contributed by atoms with van der Waals surface area (Å²) < 4.78 is 0. The van der Waals surface area contributed by atoms with Crippen molar-refractivity contribution in [1.29, 1.82) is 0 Å². The number of carboxylic acid groups (broad SMARTS) is 2. The lowest BCUT2D eigenvalue weighted by Crippen LogP contribution is -2.37. The van der Waals surface area contributed by atoms with Crippen LogP contribution in [-0.4, -0.2) is 27.9 Å². The number of hydrogen-bond acceptors (Lipinski definition) is 3. The van der Waals surface area contributed by atoms with Crippen LogP contribution in [0, 0.1) is 11.8 Å². The number of carbonyl (C=O) groups is 2. The molecule has 2 atom stereocenters. The van der Waals surface area contributed by atoms with Gasteiger partial charge in [0.05, 0.1) is 11.3 Å². The standard InChI is InChI=1S/C18H25NO4/c1-4-7-8-11-12-15(17(20)21)13(9-5-2)19-14(10-6-3)16(12)18(22)23/h5-6,12,15H,2-4,7-11H2,1H3,(H,20,21)(H,22,23). The van der Waals surface area contributed by atoms with Gasteiger partial charge < -0.3 is 10.2 Å². The Hall–Kier alpha value is -2.17. The van der Waals surface area contributed by atoms with Crippen LogP contribution in [0.5, 0.6) is 0 Å². The summed E-state index contributed by atoms with van der Waals surface area (Å²) in [5, 5.41) is 19.2. The van der Waals surface area contributed by atoms with Crippen LogP contribution >= 0.6 is 0 Å². The highest BCUT2D eigenvalue weighted by Crippen LogP contribution is 2.37. The number of nitrogens with zero attached hydrogens (tertiary/aromatic N) is 1. The number of unbranched alkanes of at least 4 members (excludes halogenated alkanes) is 2. The number of aliphatic carboxylic acids is 2. The molecule has 5 nitrogen and oxygen atoms in total. The van der Waals surface area contributed by atoms with E-state index in [1.165, 1.54) is 0 Å². The Kier molecular flexibility index (Phi) is 7.45. The van der Waals surface area contributed by atoms with Crippen LogP contribution in [0.2, 0.25) is 0 Å². The SMILES string of the molecule is C=CCC1=NC(CC=C)=C(C(=O)O)C(CCCCC)C1C(=O)O. The molecule has 23 heavy (non-hydrogen) atoms. The molecule has 0 fully saturated rings. The van der Waals surface area contributed by atoms with Gasteiger partial charge in [-0.1, -0.05) is 38.3 Å². The molecule has 2 unspecified atom stereocenters. The summed E-state index contributed by atoms with van der Waals surface area (Å²) in [4.78, 5) is 27.8. The van der Waals surface area contributed by atoms with Crippen molar-refractivity contribution >= 4 is 17.7 Å². The van der Waals surface area contributed by atoms with Crippen LogP contribution in [-0.2, 0) is 9.59 Å². The van der Waals surface area contributed by atoms with Crippen LogP contribution in [0.15, 0.2) is 41.6 Å². The van der Waals surface area contributed by atoms with E-state index in [0.29, 0.717) is 30.7 Å². The Morgan fingerprint density at radius 2 is 1.83 bits per heavy atom. The normalized spacial score (nSPS) is 20.8. The average Bonchev–Trinajstić information content (AvgIpc) is 2.47. The molecule has 0 bridgehead atoms. The van der Waals surface area contributed by atoms with Gasteiger partial charge in [-0.15, -0.1) is 13.2 Å². The van der Waals surface area contributed by atoms with Gasteiger partial charge in [-0.2, -0.15) is 0 Å². The molecule has 0 amide bonds. The highest BCUT2D eigenvalue weighted by atomic mass is 16.4. The molecule has 1 aliphatic heterocycles. The van der Waals surface area contributed by atoms with Gasteiger partial charge in [0, 0.05) is 24.5 Å². The summed E-state index contributed by atoms with van der Waals surface area (Å²) in [7, 11) is 0. The maximum absolute atomic E-state index is 11.8. The van der Waals surface area contributed by atoms with E-state index in [2.05, 4.69) is 25.1 Å². The zero-order chi connectivity index (χ0) is 17.4. The zero-order valence-corrected chi connectivity index (χ0v) is 13.6. The van der Waals surface area contributed by atoms with E-state index in [0.717, 1.165) is 19.3 Å². The Morgan fingerprint density at radius 3 is 2.30 bits per heavy atom. The smallest absolute Gasteiger partial charge is 0.333 e. The average molecular weight is 319 g/mol. The second-order valence-corrected chi connectivity index (χ2v) is 5.67. The van der Waals surface area contributed by atoms with Crippen molar-refractivity contribution in [1.82, 2.24) is 0 Å². The number of carboxylic acids is 2. The predicted molar refractivity (Wildman–Crippen MR) is 90.5 cm³/mol. The molecule has 1 heterocycles. The Balaban J connectivity index is 3.36. The third kappa shape index (κ3) is 4.65. The number of aliphatic imine (C=N–C) groups is 1. The quantitative estimate of drug-likeness (QED) is 0.473. The van der Waals surface area contributed by atoms with Gasteiger partial charge in [-0.3, -0.25) is 9.79 Å². The number of allylic oxidation sites excluding steroid dienone is 2. The third-order valence-electron chi connectivity index (χ3n) is 4.03. The molecule has 0 saturated carbocycles. The maximum Gasteiger partial charge on any atom is 0.333 e. The first kappa shape index (κ1) is 18.9. The van der Waals surface area contributed by atoms with Gasteiger partial charge in [0.15, 0.2) is 0 Å². The number of hydrogen-bond donors (Lipinski definition) is 2. The van der Waals surface area contributed by atoms with Crippen molar-refractivity contribution in [2.45, 2.75) is 45.4 Å². The van der Waals surface area contributed by atoms with Crippen LogP contribution < -0.4 is 0 Å². The Bertz CT molecular complexity index is 545. The molecule has 0 aliphatic carbocycles. The molecule has 1 rings (SSSR count). The van der Waals surface area contributed by atoms with E-state index in [9.17, 15) is 19.8 Å². The molecule has 0 aromatic carbocycles. The van der Waals surface area contributed by atoms with Crippen molar-refractivity contribution < 1.29 is 19.8 Å². The first-order valence-electron chi connectivity index (χ1n) is 7.96. The fourth-order valence-corrected chi connectivity index (χ4v) is 3.05. The van der Waals surface area contributed by atoms with E-state index >= 15 is 0 Å². The molecule has 0 radical (unpaired) electrons. The van der Waals surface area contributed by atoms with Gasteiger partial charge in [-0.05, 0) is 6.42 Å². The molecular formula is C18H25NO4. The van der Waals surface area contributed by atoms with E-state index in [-0.39, 0.29) is 5.57 Å². The molecule has 0 spiro atoms. The molecule has 1 aliphatic rings. The summed E-state index contributed by atoms with van der Waals surface area (Å²) >= 11 is 0. The van der Waals surface area contributed by atoms with Crippen LogP contribution in [0.4, 0.5) is 0 Å². The minimum absolute atomic E-state index is 0.126. The first-order chi connectivity index (χ1) is 11.0. The van der Waals surface area contributed by atoms with Crippen molar-refractivity contribution in [2.24, 2.45) is 16.8 Å². The van der Waals surface area contributed by atoms with Crippen molar-refractivity contribution in [3.05, 3.63) is 36.6 Å². The third-order valence-corrected chi connectivity index (χ3v) is 4.03. The van der Waals surface area contributed by atoms with E-state index in [4.69, 9.17) is 0 Å². The zero-order valence-electron chi connectivity index (χ0n) is 13.6. The molecule has 2 N–H and O–H groups in total. The van der Waals surface area contributed by atoms with Crippen LogP contribution in [0.1, 0.15) is 45.4 Å². The molecule has 5 heteroatoms. The molecular weight excluding hydrogens is 294 g/mol. The van der Waals surface area contributed by atoms with Crippen molar-refractivity contribution in [3.8, 4) is 0 Å². The Labute approximate surface area is 137 Å². The van der Waals surface area contributed by atoms with Crippen molar-refractivity contribution in [2.75, 3.05) is 0 Å². The summed E-state index contributed by atoms with van der Waals surface area (Å²) in [6.45, 7) is 9.34. The lowest BCUT2D eigenvalue weighted by molar-refractivity contribution is -0.141. The summed E-state index contributed by atoms with van der Waals surface area (Å²) in [6, 6.07) is 0. The fraction of sp³-hybridized carbons (Fsp3) is 0.500. The van der Waals surface area contributed by atoms with E-state index < -0.39 is 23.8 Å². The maximum atomic E-state index is 11.8. The topological polar surface area (TPSA) is 87.0 Å². The first-order valence-corrected chi connectivity index (χ1v) is 7.96. The molecule has 0 aromatic rings. The van der Waals surface area contributed by atoms with Crippen LogP contribution in [0.3, 0.4) is 0 Å². The largest absolute Gasteiger partial charge is 0.481 e. The highest BCUT2D eigenvalue weighted by Gasteiger charge is 2.41. The van der Waals surface area contributed by atoms with Gasteiger partial charge in [-0.25, -0.2) is 4.79 Å². The minimum atomic E-state index is -1.09. The van der Waals surface area contributed by atoms with Gasteiger partial charge in [0.25, 0.3) is 0 Å². The Morgan fingerprint density at radius 1 is 1.17 bits per heavy atom. The van der Waals surface area contributed by atoms with Gasteiger partial charge in [0.2, 0.25) is 0 Å². The van der Waals surface area contributed by atoms with E-state index in [1.807, 2.05) is 0 Å². The minimum Gasteiger partial charge on any atom is -0.481 e. The van der Waals surface area contributed by atoms with Gasteiger partial charge in [0.1, 0.15) is 5.92 Å². The van der Waals surface area contributed by atoms with Crippen molar-refractivity contribution in [3.63, 3.8) is 0 Å². The predicted octanol–water partition coefficient (Wildman–Crippen LogP) is 3.83. The number of rotatable bonds is 10. The van der Waals surface area contributed by atoms with Crippen LogP contribution in [0.25, 0.3) is 0 Å². The monoisotopic (exact) mass is 319 g/mol. The molecule has 126 valence electrons. The van der Waals surface area contributed by atoms with Gasteiger partial charge >= 0.3 is 11.9 Å². The lowest BCUT2D eigenvalue weighted by atomic mass is 9.75. The van der Waals surface area contributed by atoms with E-state index in [1.54, 1.807) is 12.2 Å². The summed E-state index contributed by atoms with van der Waals surface area (Å²) in [5.74, 6) is -3.57. The second-order valence-electron chi connectivity index (χ2n) is 5.67. The summed E-state index contributed by atoms with van der Waals surface area (Å²) in [5.41, 5.74) is 1.03. The molecule has 0 aromatic heterocycles. The summed E-state index contributed by atoms with van der Waals surface area (Å²) in [6.07, 6.45) is 7.12. The highest BCUT2D eigenvalue weighted by molar-refractivity contribution is 6.06. The second kappa shape index (κ2) is 9.08.